The van der Waals surface area contributed by atoms with Gasteiger partial charge in [0, 0.05) is 12.1 Å². The quantitative estimate of drug-likeness (QED) is 0.572. The Hall–Kier alpha value is -0.430. The minimum absolute atomic E-state index is 0.0289. The molecular formula is C9H21NO4S. The van der Waals surface area contributed by atoms with Gasteiger partial charge < -0.3 is 5.32 Å². The number of nitrogens with one attached hydrogen (secondary N) is 1. The minimum atomic E-state index is -4.17. The zero-order chi connectivity index (χ0) is 12.5. The number of hydrogen-bond acceptors (Lipinski definition) is 4. The maximum atomic E-state index is 9.56. The predicted molar refractivity (Wildman–Crippen MR) is 61.1 cm³/mol. The Bertz CT molecular complexity index is 254. The maximum Gasteiger partial charge on any atom is 0.397 e. The summed E-state index contributed by atoms with van der Waals surface area (Å²) in [4.78, 5) is 0. The zero-order valence-corrected chi connectivity index (χ0v) is 10.6. The molecular weight excluding hydrogens is 218 g/mol. The third kappa shape index (κ3) is 24.7. The van der Waals surface area contributed by atoms with Gasteiger partial charge in [0.2, 0.25) is 0 Å². The normalized spacial score (nSPS) is 11.5. The Balaban J connectivity index is 0. The smallest absolute Gasteiger partial charge is 0.309 e. The van der Waals surface area contributed by atoms with Gasteiger partial charge >= 0.3 is 10.4 Å². The molecule has 92 valence electrons. The molecule has 0 radical (unpaired) electrons. The molecule has 0 aliphatic rings. The topological polar surface area (TPSA) is 75.6 Å². The molecule has 0 amide bonds. The highest BCUT2D eigenvalue weighted by Crippen LogP contribution is 1.96. The molecule has 0 spiro atoms. The summed E-state index contributed by atoms with van der Waals surface area (Å²) < 4.78 is 30.7. The fourth-order valence-electron chi connectivity index (χ4n) is 0.527. The lowest BCUT2D eigenvalue weighted by molar-refractivity contribution is 0.283. The molecule has 0 unspecified atom stereocenters. The third-order valence-corrected chi connectivity index (χ3v) is 1.58. The van der Waals surface area contributed by atoms with Crippen LogP contribution in [-0.2, 0) is 14.6 Å². The largest absolute Gasteiger partial charge is 0.397 e. The molecule has 0 aromatic carbocycles. The summed E-state index contributed by atoms with van der Waals surface area (Å²) in [5.41, 5.74) is 0.230. The monoisotopic (exact) mass is 239 g/mol. The van der Waals surface area contributed by atoms with Gasteiger partial charge in [-0.15, -0.1) is 6.58 Å². The molecule has 5 nitrogen and oxygen atoms in total. The van der Waals surface area contributed by atoms with Gasteiger partial charge in [-0.1, -0.05) is 6.08 Å². The van der Waals surface area contributed by atoms with Crippen molar-refractivity contribution in [2.75, 3.05) is 13.2 Å². The summed E-state index contributed by atoms with van der Waals surface area (Å²) >= 11 is 0. The van der Waals surface area contributed by atoms with Gasteiger partial charge in [0.05, 0.1) is 6.61 Å². The molecule has 0 atom stereocenters. The van der Waals surface area contributed by atoms with Crippen molar-refractivity contribution in [3.05, 3.63) is 12.7 Å². The summed E-state index contributed by atoms with van der Waals surface area (Å²) in [6.45, 7) is 12.3. The average Bonchev–Trinajstić information content (AvgIpc) is 1.98. The van der Waals surface area contributed by atoms with Crippen molar-refractivity contribution in [2.45, 2.75) is 33.2 Å². The first-order chi connectivity index (χ1) is 6.62. The summed E-state index contributed by atoms with van der Waals surface area (Å²) in [6.07, 6.45) is 1.87. The van der Waals surface area contributed by atoms with E-state index in [0.717, 1.165) is 6.54 Å². The van der Waals surface area contributed by atoms with Crippen LogP contribution < -0.4 is 5.32 Å². The van der Waals surface area contributed by atoms with Crippen LogP contribution in [0.1, 0.15) is 27.7 Å². The summed E-state index contributed by atoms with van der Waals surface area (Å²) in [6, 6.07) is 0. The van der Waals surface area contributed by atoms with Gasteiger partial charge in [-0.2, -0.15) is 8.42 Å². The van der Waals surface area contributed by atoms with Crippen LogP contribution in [0.2, 0.25) is 0 Å². The molecule has 0 bridgehead atoms. The highest BCUT2D eigenvalue weighted by molar-refractivity contribution is 7.80. The maximum absolute atomic E-state index is 9.56. The molecule has 0 rings (SSSR count). The molecule has 0 fully saturated rings. The SMILES string of the molecule is C=CCNC(C)(C)C.CCOS(=O)(=O)O. The Morgan fingerprint density at radius 3 is 2.00 bits per heavy atom. The van der Waals surface area contributed by atoms with Crippen molar-refractivity contribution in [2.24, 2.45) is 0 Å². The molecule has 0 saturated carbocycles. The molecule has 2 N–H and O–H groups in total. The van der Waals surface area contributed by atoms with Crippen molar-refractivity contribution in [1.29, 1.82) is 0 Å². The van der Waals surface area contributed by atoms with E-state index in [9.17, 15) is 8.42 Å². The van der Waals surface area contributed by atoms with Crippen LogP contribution in [0.4, 0.5) is 0 Å². The van der Waals surface area contributed by atoms with Crippen LogP contribution in [0, 0.1) is 0 Å². The average molecular weight is 239 g/mol. The van der Waals surface area contributed by atoms with Crippen molar-refractivity contribution in [1.82, 2.24) is 5.32 Å². The molecule has 0 aliphatic heterocycles. The zero-order valence-electron chi connectivity index (χ0n) is 9.78. The lowest BCUT2D eigenvalue weighted by Gasteiger charge is -2.18. The van der Waals surface area contributed by atoms with Crippen LogP contribution >= 0.6 is 0 Å². The Morgan fingerprint density at radius 1 is 1.47 bits per heavy atom. The first-order valence-corrected chi connectivity index (χ1v) is 5.96. The van der Waals surface area contributed by atoms with E-state index in [0.29, 0.717) is 0 Å². The molecule has 6 heteroatoms. The fraction of sp³-hybridized carbons (Fsp3) is 0.778. The van der Waals surface area contributed by atoms with Crippen LogP contribution in [0.15, 0.2) is 12.7 Å². The van der Waals surface area contributed by atoms with Gasteiger partial charge in [0.1, 0.15) is 0 Å². The van der Waals surface area contributed by atoms with E-state index < -0.39 is 10.4 Å². The van der Waals surface area contributed by atoms with Gasteiger partial charge in [-0.3, -0.25) is 4.55 Å². The molecule has 0 aromatic rings. The minimum Gasteiger partial charge on any atom is -0.309 e. The standard InChI is InChI=1S/C7H15N.C2H6O4S/c1-5-6-8-7(2,3)4;1-2-6-7(3,4)5/h5,8H,1,6H2,2-4H3;2H2,1H3,(H,3,4,5). The van der Waals surface area contributed by atoms with Crippen molar-refractivity contribution >= 4 is 10.4 Å². The summed E-state index contributed by atoms with van der Waals surface area (Å²) in [5.74, 6) is 0. The van der Waals surface area contributed by atoms with Gasteiger partial charge in [0.25, 0.3) is 0 Å². The lowest BCUT2D eigenvalue weighted by Crippen LogP contribution is -2.35. The first kappa shape index (κ1) is 17.0. The molecule has 0 aliphatic carbocycles. The third-order valence-electron chi connectivity index (χ3n) is 1.04. The highest BCUT2D eigenvalue weighted by atomic mass is 32.3. The predicted octanol–water partition coefficient (Wildman–Crippen LogP) is 1.39. The van der Waals surface area contributed by atoms with E-state index in [4.69, 9.17) is 4.55 Å². The Kier molecular flexibility index (Phi) is 8.84. The Morgan fingerprint density at radius 2 is 1.93 bits per heavy atom. The second-order valence-electron chi connectivity index (χ2n) is 3.75. The van der Waals surface area contributed by atoms with Crippen molar-refractivity contribution < 1.29 is 17.2 Å². The van der Waals surface area contributed by atoms with E-state index in [1.807, 2.05) is 6.08 Å². The molecule has 0 aromatic heterocycles. The van der Waals surface area contributed by atoms with E-state index >= 15 is 0 Å². The van der Waals surface area contributed by atoms with Gasteiger partial charge in [-0.05, 0) is 27.7 Å². The first-order valence-electron chi connectivity index (χ1n) is 4.60. The van der Waals surface area contributed by atoms with Crippen molar-refractivity contribution in [3.8, 4) is 0 Å². The van der Waals surface area contributed by atoms with Crippen LogP contribution in [-0.4, -0.2) is 31.7 Å². The van der Waals surface area contributed by atoms with Crippen molar-refractivity contribution in [3.63, 3.8) is 0 Å². The fourth-order valence-corrected chi connectivity index (χ4v) is 0.825. The summed E-state index contributed by atoms with van der Waals surface area (Å²) in [5, 5.41) is 3.25. The molecule has 15 heavy (non-hydrogen) atoms. The van der Waals surface area contributed by atoms with Crippen LogP contribution in [0.5, 0.6) is 0 Å². The van der Waals surface area contributed by atoms with Gasteiger partial charge in [0.15, 0.2) is 0 Å². The second-order valence-corrected chi connectivity index (χ2v) is 4.84. The molecule has 0 heterocycles. The number of rotatable bonds is 4. The van der Waals surface area contributed by atoms with Crippen LogP contribution in [0.3, 0.4) is 0 Å². The van der Waals surface area contributed by atoms with E-state index in [1.165, 1.54) is 6.92 Å². The van der Waals surface area contributed by atoms with E-state index in [-0.39, 0.29) is 12.1 Å². The molecule has 0 saturated heterocycles. The summed E-state index contributed by atoms with van der Waals surface area (Å²) in [7, 11) is -4.17. The van der Waals surface area contributed by atoms with Gasteiger partial charge in [-0.25, -0.2) is 4.18 Å². The second kappa shape index (κ2) is 7.81. The number of hydrogen-bond donors (Lipinski definition) is 2. The van der Waals surface area contributed by atoms with Crippen LogP contribution in [0.25, 0.3) is 0 Å². The Labute approximate surface area is 92.5 Å². The van der Waals surface area contributed by atoms with E-state index in [2.05, 4.69) is 36.9 Å². The lowest BCUT2D eigenvalue weighted by atomic mass is 10.1. The highest BCUT2D eigenvalue weighted by Gasteiger charge is 2.04. The van der Waals surface area contributed by atoms with E-state index in [1.54, 1.807) is 0 Å².